The van der Waals surface area contributed by atoms with Crippen molar-refractivity contribution in [1.82, 2.24) is 20.6 Å². The number of hydrogen-bond acceptors (Lipinski definition) is 7. The van der Waals surface area contributed by atoms with Crippen molar-refractivity contribution in [3.8, 4) is 17.3 Å². The molecule has 0 aliphatic carbocycles. The van der Waals surface area contributed by atoms with Crippen LogP contribution < -0.4 is 16.0 Å². The van der Waals surface area contributed by atoms with Gasteiger partial charge in [0.15, 0.2) is 5.13 Å². The van der Waals surface area contributed by atoms with Gasteiger partial charge in [-0.1, -0.05) is 32.4 Å². The smallest absolute Gasteiger partial charge is 0.251 e. The van der Waals surface area contributed by atoms with Crippen molar-refractivity contribution >= 4 is 34.0 Å². The lowest BCUT2D eigenvalue weighted by Crippen LogP contribution is -2.50. The molecule has 9 heteroatoms. The molecular weight excluding hydrogens is 424 g/mol. The van der Waals surface area contributed by atoms with Crippen LogP contribution in [0.1, 0.15) is 30.6 Å². The van der Waals surface area contributed by atoms with Crippen molar-refractivity contribution in [2.45, 2.75) is 26.3 Å². The van der Waals surface area contributed by atoms with Gasteiger partial charge in [-0.05, 0) is 30.2 Å². The second-order valence-electron chi connectivity index (χ2n) is 7.19. The number of nitrogens with one attached hydrogen (secondary N) is 3. The van der Waals surface area contributed by atoms with Crippen molar-refractivity contribution in [3.05, 3.63) is 59.7 Å². The Balaban J connectivity index is 1.67. The van der Waals surface area contributed by atoms with Gasteiger partial charge in [-0.25, -0.2) is 4.98 Å². The van der Waals surface area contributed by atoms with Gasteiger partial charge in [-0.15, -0.1) is 11.3 Å². The normalized spacial score (nSPS) is 12.3. The molecule has 0 fully saturated rings. The predicted molar refractivity (Wildman–Crippen MR) is 124 cm³/mol. The molecule has 0 aliphatic rings. The molecule has 32 heavy (non-hydrogen) atoms. The molecule has 2 heterocycles. The summed E-state index contributed by atoms with van der Waals surface area (Å²) >= 11 is 1.48. The molecule has 3 N–H and O–H groups in total. The first-order valence-electron chi connectivity index (χ1n) is 10.2. The lowest BCUT2D eigenvalue weighted by Gasteiger charge is -2.23. The number of hydrogen-bond donors (Lipinski definition) is 3. The Bertz CT molecular complexity index is 1090. The zero-order chi connectivity index (χ0) is 22.9. The van der Waals surface area contributed by atoms with Crippen LogP contribution in [0.5, 0.6) is 0 Å². The Hall–Kier alpha value is -3.77. The molecule has 2 unspecified atom stereocenters. The van der Waals surface area contributed by atoms with Gasteiger partial charge in [-0.3, -0.25) is 14.6 Å². The third-order valence-electron chi connectivity index (χ3n) is 4.98. The Labute approximate surface area is 190 Å². The van der Waals surface area contributed by atoms with E-state index in [2.05, 4.69) is 25.9 Å². The van der Waals surface area contributed by atoms with Crippen LogP contribution in [0.15, 0.2) is 54.2 Å². The third-order valence-corrected chi connectivity index (χ3v) is 5.74. The van der Waals surface area contributed by atoms with Gasteiger partial charge >= 0.3 is 0 Å². The molecule has 3 rings (SSSR count). The SMILES string of the molecule is CCC(C)C(NC(=O)c1ccc(-c2csc(Nc3cccnc3)n2)cc1)C(=O)NCC#N. The van der Waals surface area contributed by atoms with E-state index in [1.807, 2.05) is 49.6 Å². The summed E-state index contributed by atoms with van der Waals surface area (Å²) in [6.45, 7) is 3.74. The van der Waals surface area contributed by atoms with E-state index in [1.165, 1.54) is 11.3 Å². The maximum atomic E-state index is 12.7. The summed E-state index contributed by atoms with van der Waals surface area (Å²) in [4.78, 5) is 33.7. The predicted octanol–water partition coefficient (Wildman–Crippen LogP) is 3.73. The summed E-state index contributed by atoms with van der Waals surface area (Å²) in [6.07, 6.45) is 4.14. The van der Waals surface area contributed by atoms with Gasteiger partial charge in [0.2, 0.25) is 5.91 Å². The minimum atomic E-state index is -0.708. The van der Waals surface area contributed by atoms with Crippen molar-refractivity contribution in [2.24, 2.45) is 5.92 Å². The molecule has 2 atom stereocenters. The lowest BCUT2D eigenvalue weighted by molar-refractivity contribution is -0.123. The van der Waals surface area contributed by atoms with Crippen LogP contribution in [0.4, 0.5) is 10.8 Å². The van der Waals surface area contributed by atoms with E-state index in [0.29, 0.717) is 12.0 Å². The Morgan fingerprint density at radius 3 is 2.66 bits per heavy atom. The van der Waals surface area contributed by atoms with Crippen molar-refractivity contribution < 1.29 is 9.59 Å². The van der Waals surface area contributed by atoms with E-state index in [0.717, 1.165) is 22.1 Å². The lowest BCUT2D eigenvalue weighted by atomic mass is 9.97. The fraction of sp³-hybridized carbons (Fsp3) is 0.261. The minimum Gasteiger partial charge on any atom is -0.341 e. The van der Waals surface area contributed by atoms with Gasteiger partial charge in [0, 0.05) is 22.7 Å². The van der Waals surface area contributed by atoms with E-state index in [1.54, 1.807) is 24.5 Å². The average molecular weight is 449 g/mol. The third kappa shape index (κ3) is 5.89. The number of thiazole rings is 1. The van der Waals surface area contributed by atoms with Crippen LogP contribution in [0, 0.1) is 17.2 Å². The van der Waals surface area contributed by atoms with Crippen LogP contribution >= 0.6 is 11.3 Å². The first kappa shape index (κ1) is 22.9. The van der Waals surface area contributed by atoms with E-state index in [-0.39, 0.29) is 24.3 Å². The number of carbonyl (C=O) groups excluding carboxylic acids is 2. The van der Waals surface area contributed by atoms with Crippen LogP contribution in [-0.4, -0.2) is 34.4 Å². The van der Waals surface area contributed by atoms with Crippen LogP contribution in [0.2, 0.25) is 0 Å². The fourth-order valence-corrected chi connectivity index (χ4v) is 3.72. The maximum absolute atomic E-state index is 12.7. The van der Waals surface area contributed by atoms with E-state index in [4.69, 9.17) is 5.26 Å². The molecular formula is C23H24N6O2S. The molecule has 0 aliphatic heterocycles. The molecule has 0 bridgehead atoms. The largest absolute Gasteiger partial charge is 0.341 e. The topological polar surface area (TPSA) is 120 Å². The molecule has 0 spiro atoms. The Kier molecular flexibility index (Phi) is 7.89. The van der Waals surface area contributed by atoms with Crippen LogP contribution in [0.25, 0.3) is 11.3 Å². The zero-order valence-electron chi connectivity index (χ0n) is 17.8. The first-order chi connectivity index (χ1) is 15.5. The molecule has 0 saturated heterocycles. The monoisotopic (exact) mass is 448 g/mol. The summed E-state index contributed by atoms with van der Waals surface area (Å²) in [5.41, 5.74) is 2.97. The number of nitriles is 1. The maximum Gasteiger partial charge on any atom is 0.251 e. The number of anilines is 2. The molecule has 0 radical (unpaired) electrons. The number of nitrogens with zero attached hydrogens (tertiary/aromatic N) is 3. The molecule has 2 amide bonds. The number of carbonyl (C=O) groups is 2. The van der Waals surface area contributed by atoms with E-state index < -0.39 is 6.04 Å². The Morgan fingerprint density at radius 1 is 1.22 bits per heavy atom. The summed E-state index contributed by atoms with van der Waals surface area (Å²) in [6, 6.07) is 12.0. The zero-order valence-corrected chi connectivity index (χ0v) is 18.6. The minimum absolute atomic E-state index is 0.0716. The molecule has 2 aromatic heterocycles. The summed E-state index contributed by atoms with van der Waals surface area (Å²) in [7, 11) is 0. The van der Waals surface area contributed by atoms with Gasteiger partial charge < -0.3 is 16.0 Å². The number of aromatic nitrogens is 2. The highest BCUT2D eigenvalue weighted by molar-refractivity contribution is 7.14. The van der Waals surface area contributed by atoms with Crippen LogP contribution in [-0.2, 0) is 4.79 Å². The summed E-state index contributed by atoms with van der Waals surface area (Å²) in [5, 5.41) is 19.9. The highest BCUT2D eigenvalue weighted by Crippen LogP contribution is 2.27. The quantitative estimate of drug-likeness (QED) is 0.429. The molecule has 164 valence electrons. The van der Waals surface area contributed by atoms with Gasteiger partial charge in [0.25, 0.3) is 5.91 Å². The van der Waals surface area contributed by atoms with E-state index >= 15 is 0 Å². The second kappa shape index (κ2) is 11.0. The summed E-state index contributed by atoms with van der Waals surface area (Å²) < 4.78 is 0. The van der Waals surface area contributed by atoms with Crippen molar-refractivity contribution in [2.75, 3.05) is 11.9 Å². The van der Waals surface area contributed by atoms with E-state index in [9.17, 15) is 9.59 Å². The van der Waals surface area contributed by atoms with Crippen molar-refractivity contribution in [1.29, 1.82) is 5.26 Å². The number of rotatable bonds is 9. The molecule has 1 aromatic carbocycles. The number of benzene rings is 1. The number of pyridine rings is 1. The fourth-order valence-electron chi connectivity index (χ4n) is 2.98. The standard InChI is InChI=1S/C23H24N6O2S/c1-3-15(2)20(22(31)26-12-10-24)29-21(30)17-8-6-16(7-9-17)19-14-32-23(28-19)27-18-5-4-11-25-13-18/h4-9,11,13-15,20H,3,12H2,1-2H3,(H,26,31)(H,27,28)(H,29,30). The Morgan fingerprint density at radius 2 is 2.00 bits per heavy atom. The molecule has 3 aromatic rings. The molecule has 8 nitrogen and oxygen atoms in total. The highest BCUT2D eigenvalue weighted by Gasteiger charge is 2.26. The number of amides is 2. The van der Waals surface area contributed by atoms with Crippen LogP contribution in [0.3, 0.4) is 0 Å². The first-order valence-corrected chi connectivity index (χ1v) is 11.1. The van der Waals surface area contributed by atoms with Gasteiger partial charge in [0.1, 0.15) is 12.6 Å². The average Bonchev–Trinajstić information content (AvgIpc) is 3.29. The van der Waals surface area contributed by atoms with Crippen molar-refractivity contribution in [3.63, 3.8) is 0 Å². The van der Waals surface area contributed by atoms with Gasteiger partial charge in [-0.2, -0.15) is 5.26 Å². The summed E-state index contributed by atoms with van der Waals surface area (Å²) in [5.74, 6) is -0.772. The highest BCUT2D eigenvalue weighted by atomic mass is 32.1. The second-order valence-corrected chi connectivity index (χ2v) is 8.05. The van der Waals surface area contributed by atoms with Gasteiger partial charge in [0.05, 0.1) is 23.6 Å². The molecule has 0 saturated carbocycles.